The molecule has 4 heteroatoms. The fourth-order valence-corrected chi connectivity index (χ4v) is 1.95. The minimum atomic E-state index is -0.00806. The first-order chi connectivity index (χ1) is 7.58. The minimum absolute atomic E-state index is 0.00806. The lowest BCUT2D eigenvalue weighted by atomic mass is 9.99. The highest BCUT2D eigenvalue weighted by Gasteiger charge is 2.12. The van der Waals surface area contributed by atoms with E-state index in [9.17, 15) is 9.59 Å². The molecule has 1 rings (SSSR count). The number of hydrogen-bond donors (Lipinski definition) is 2. The zero-order chi connectivity index (χ0) is 12.0. The van der Waals surface area contributed by atoms with Crippen LogP contribution < -0.4 is 10.6 Å². The van der Waals surface area contributed by atoms with E-state index in [0.717, 1.165) is 25.7 Å². The van der Waals surface area contributed by atoms with Crippen molar-refractivity contribution in [3.8, 4) is 0 Å². The van der Waals surface area contributed by atoms with Gasteiger partial charge in [0.25, 0.3) is 0 Å². The Bertz CT molecular complexity index is 259. The summed E-state index contributed by atoms with van der Waals surface area (Å²) in [4.78, 5) is 21.9. The van der Waals surface area contributed by atoms with Gasteiger partial charge in [0.15, 0.2) is 0 Å². The van der Waals surface area contributed by atoms with Crippen LogP contribution in [0.5, 0.6) is 0 Å². The van der Waals surface area contributed by atoms with Gasteiger partial charge in [-0.2, -0.15) is 0 Å². The smallest absolute Gasteiger partial charge is 0.217 e. The molecule has 0 aromatic carbocycles. The maximum absolute atomic E-state index is 11.0. The lowest BCUT2D eigenvalue weighted by Crippen LogP contribution is -2.35. The van der Waals surface area contributed by atoms with Crippen molar-refractivity contribution in [2.75, 3.05) is 0 Å². The Morgan fingerprint density at radius 1 is 0.938 bits per heavy atom. The van der Waals surface area contributed by atoms with Crippen LogP contribution in [0.25, 0.3) is 0 Å². The second-order valence-electron chi connectivity index (χ2n) is 4.28. The lowest BCUT2D eigenvalue weighted by molar-refractivity contribution is -0.120. The molecule has 4 nitrogen and oxygen atoms in total. The molecule has 1 aliphatic rings. The Labute approximate surface area is 96.5 Å². The Morgan fingerprint density at radius 2 is 1.31 bits per heavy atom. The third kappa shape index (κ3) is 4.96. The van der Waals surface area contributed by atoms with Gasteiger partial charge in [-0.1, -0.05) is 25.0 Å². The van der Waals surface area contributed by atoms with Gasteiger partial charge >= 0.3 is 0 Å². The molecule has 2 amide bonds. The third-order valence-electron chi connectivity index (χ3n) is 2.63. The van der Waals surface area contributed by atoms with E-state index < -0.39 is 0 Å². The number of nitrogens with one attached hydrogen (secondary N) is 2. The Morgan fingerprint density at radius 3 is 1.62 bits per heavy atom. The first-order valence-corrected chi connectivity index (χ1v) is 5.80. The van der Waals surface area contributed by atoms with Gasteiger partial charge in [0.1, 0.15) is 0 Å². The molecule has 0 aliphatic heterocycles. The molecule has 0 spiro atoms. The predicted molar refractivity (Wildman–Crippen MR) is 62.8 cm³/mol. The summed E-state index contributed by atoms with van der Waals surface area (Å²) >= 11 is 0. The lowest BCUT2D eigenvalue weighted by Gasteiger charge is -2.20. The van der Waals surface area contributed by atoms with E-state index in [-0.39, 0.29) is 23.9 Å². The van der Waals surface area contributed by atoms with E-state index in [1.54, 1.807) is 0 Å². The maximum atomic E-state index is 11.0. The molecular formula is C12H20N2O2. The van der Waals surface area contributed by atoms with E-state index >= 15 is 0 Å². The number of hydrogen-bond acceptors (Lipinski definition) is 2. The van der Waals surface area contributed by atoms with Crippen molar-refractivity contribution in [1.82, 2.24) is 10.6 Å². The molecule has 0 aromatic heterocycles. The summed E-state index contributed by atoms with van der Waals surface area (Å²) in [5.74, 6) is -0.0161. The van der Waals surface area contributed by atoms with E-state index in [2.05, 4.69) is 10.6 Å². The van der Waals surface area contributed by atoms with Crippen LogP contribution in [0, 0.1) is 0 Å². The van der Waals surface area contributed by atoms with Gasteiger partial charge in [0.05, 0.1) is 0 Å². The second kappa shape index (κ2) is 6.30. The molecule has 0 fully saturated rings. The molecule has 90 valence electrons. The summed E-state index contributed by atoms with van der Waals surface area (Å²) in [6.07, 6.45) is 8.07. The highest BCUT2D eigenvalue weighted by atomic mass is 16.2. The summed E-state index contributed by atoms with van der Waals surface area (Å²) in [5.41, 5.74) is 0. The van der Waals surface area contributed by atoms with Crippen LogP contribution >= 0.6 is 0 Å². The molecule has 0 heterocycles. The number of carbonyl (C=O) groups excluding carboxylic acids is 2. The molecule has 2 N–H and O–H groups in total. The van der Waals surface area contributed by atoms with Crippen LogP contribution in [-0.4, -0.2) is 23.9 Å². The van der Waals surface area contributed by atoms with Gasteiger partial charge in [-0.05, 0) is 12.8 Å². The summed E-state index contributed by atoms with van der Waals surface area (Å²) in [6.45, 7) is 3.05. The van der Waals surface area contributed by atoms with Gasteiger partial charge in [0.2, 0.25) is 11.8 Å². The zero-order valence-corrected chi connectivity index (χ0v) is 9.95. The zero-order valence-electron chi connectivity index (χ0n) is 9.95. The van der Waals surface area contributed by atoms with Gasteiger partial charge in [-0.3, -0.25) is 9.59 Å². The molecule has 0 bridgehead atoms. The average Bonchev–Trinajstić information content (AvgIpc) is 2.14. The Kier molecular flexibility index (Phi) is 5.02. The van der Waals surface area contributed by atoms with Crippen molar-refractivity contribution >= 4 is 11.8 Å². The normalized spacial score (nSPS) is 27.4. The topological polar surface area (TPSA) is 58.2 Å². The molecule has 0 radical (unpaired) electrons. The first kappa shape index (κ1) is 12.7. The average molecular weight is 224 g/mol. The van der Waals surface area contributed by atoms with Crippen LogP contribution in [0.1, 0.15) is 39.5 Å². The number of amides is 2. The van der Waals surface area contributed by atoms with Crippen molar-refractivity contribution in [3.05, 3.63) is 12.2 Å². The van der Waals surface area contributed by atoms with Crippen LogP contribution in [0.2, 0.25) is 0 Å². The maximum Gasteiger partial charge on any atom is 0.217 e. The number of carbonyl (C=O) groups is 2. The highest BCUT2D eigenvalue weighted by Crippen LogP contribution is 2.12. The Balaban J connectivity index is 2.54. The Hall–Kier alpha value is -1.32. The third-order valence-corrected chi connectivity index (χ3v) is 2.63. The first-order valence-electron chi connectivity index (χ1n) is 5.80. The monoisotopic (exact) mass is 224 g/mol. The highest BCUT2D eigenvalue weighted by molar-refractivity contribution is 5.74. The van der Waals surface area contributed by atoms with Crippen LogP contribution in [-0.2, 0) is 9.59 Å². The molecule has 0 saturated carbocycles. The molecule has 0 aromatic rings. The van der Waals surface area contributed by atoms with E-state index in [4.69, 9.17) is 0 Å². The molecular weight excluding hydrogens is 204 g/mol. The predicted octanol–water partition coefficient (Wildman–Crippen LogP) is 1.13. The van der Waals surface area contributed by atoms with Crippen molar-refractivity contribution in [1.29, 1.82) is 0 Å². The van der Waals surface area contributed by atoms with E-state index in [1.807, 2.05) is 12.2 Å². The molecule has 16 heavy (non-hydrogen) atoms. The summed E-state index contributed by atoms with van der Waals surface area (Å²) in [5, 5.41) is 5.77. The summed E-state index contributed by atoms with van der Waals surface area (Å²) in [7, 11) is 0. The summed E-state index contributed by atoms with van der Waals surface area (Å²) < 4.78 is 0. The van der Waals surface area contributed by atoms with E-state index in [0.29, 0.717) is 0 Å². The van der Waals surface area contributed by atoms with Crippen molar-refractivity contribution in [2.45, 2.75) is 51.6 Å². The quantitative estimate of drug-likeness (QED) is 0.691. The van der Waals surface area contributed by atoms with Gasteiger partial charge < -0.3 is 10.6 Å². The molecule has 1 aliphatic carbocycles. The molecule has 2 unspecified atom stereocenters. The van der Waals surface area contributed by atoms with Crippen molar-refractivity contribution in [3.63, 3.8) is 0 Å². The standard InChI is InChI=1S/C12H20N2O2/c1-9(15)13-11-5-3-4-6-12(8-7-11)14-10(2)16/h7-8,11-12H,3-6H2,1-2H3,(H,13,15)(H,14,16)/b8-7+. The minimum Gasteiger partial charge on any atom is -0.350 e. The fraction of sp³-hybridized carbons (Fsp3) is 0.667. The second-order valence-corrected chi connectivity index (χ2v) is 4.28. The largest absolute Gasteiger partial charge is 0.350 e. The van der Waals surface area contributed by atoms with Crippen molar-refractivity contribution < 1.29 is 9.59 Å². The summed E-state index contributed by atoms with van der Waals surface area (Å²) in [6, 6.07) is 0.211. The van der Waals surface area contributed by atoms with Crippen LogP contribution in [0.3, 0.4) is 0 Å². The van der Waals surface area contributed by atoms with E-state index in [1.165, 1.54) is 13.8 Å². The van der Waals surface area contributed by atoms with Crippen LogP contribution in [0.15, 0.2) is 12.2 Å². The van der Waals surface area contributed by atoms with Gasteiger partial charge in [0, 0.05) is 25.9 Å². The molecule has 0 saturated heterocycles. The van der Waals surface area contributed by atoms with Gasteiger partial charge in [-0.15, -0.1) is 0 Å². The number of rotatable bonds is 2. The SMILES string of the molecule is CC(=O)NC1/C=C/C(NC(C)=O)CCCC1. The van der Waals surface area contributed by atoms with Crippen molar-refractivity contribution in [2.24, 2.45) is 0 Å². The fourth-order valence-electron chi connectivity index (χ4n) is 1.95. The molecule has 2 atom stereocenters. The van der Waals surface area contributed by atoms with Crippen LogP contribution in [0.4, 0.5) is 0 Å². The van der Waals surface area contributed by atoms with Gasteiger partial charge in [-0.25, -0.2) is 0 Å².